The zero-order chi connectivity index (χ0) is 31.7. The number of piperazine rings is 1. The predicted molar refractivity (Wildman–Crippen MR) is 172 cm³/mol. The first-order valence-corrected chi connectivity index (χ1v) is 14.9. The molecule has 0 spiro atoms. The Balaban J connectivity index is 1.37. The van der Waals surface area contributed by atoms with Crippen LogP contribution in [0.25, 0.3) is 22.2 Å². The van der Waals surface area contributed by atoms with E-state index in [0.717, 1.165) is 37.4 Å². The summed E-state index contributed by atoms with van der Waals surface area (Å²) in [4.78, 5) is 14.0. The van der Waals surface area contributed by atoms with Crippen LogP contribution >= 0.6 is 0 Å². The Kier molecular flexibility index (Phi) is 8.44. The van der Waals surface area contributed by atoms with Crippen molar-refractivity contribution in [2.45, 2.75) is 26.4 Å². The number of nitrogens with zero attached hydrogens (tertiary/aromatic N) is 5. The number of methoxy groups -OCH3 is 2. The van der Waals surface area contributed by atoms with Gasteiger partial charge in [0.15, 0.2) is 0 Å². The lowest BCUT2D eigenvalue weighted by Gasteiger charge is -2.38. The van der Waals surface area contributed by atoms with Crippen LogP contribution < -0.4 is 19.7 Å². The van der Waals surface area contributed by atoms with E-state index in [1.165, 1.54) is 24.3 Å². The number of nitrogens with one attached hydrogen (secondary N) is 1. The molecule has 0 amide bonds. The second-order valence-electron chi connectivity index (χ2n) is 11.3. The van der Waals surface area contributed by atoms with Gasteiger partial charge in [-0.25, -0.2) is 18.7 Å². The largest absolute Gasteiger partial charge is 0.497 e. The Morgan fingerprint density at radius 1 is 0.956 bits per heavy atom. The average Bonchev–Trinajstić information content (AvgIpc) is 3.36. The van der Waals surface area contributed by atoms with E-state index < -0.39 is 11.6 Å². The number of fused-ring (bicyclic) bond motifs is 1. The molecular weight excluding hydrogens is 578 g/mol. The maximum atomic E-state index is 14.9. The lowest BCUT2D eigenvalue weighted by Crippen LogP contribution is -2.48. The molecule has 11 heteroatoms. The molecule has 2 aromatic carbocycles. The van der Waals surface area contributed by atoms with Gasteiger partial charge < -0.3 is 29.4 Å². The molecule has 5 aromatic rings. The Hall–Kier alpha value is -4.90. The molecule has 0 aliphatic carbocycles. The highest BCUT2D eigenvalue weighted by atomic mass is 19.1. The highest BCUT2D eigenvalue weighted by Gasteiger charge is 2.22. The van der Waals surface area contributed by atoms with Crippen molar-refractivity contribution in [3.8, 4) is 28.6 Å². The second kappa shape index (κ2) is 12.6. The number of pyridine rings is 2. The molecule has 3 aromatic heterocycles. The van der Waals surface area contributed by atoms with E-state index >= 15 is 0 Å². The van der Waals surface area contributed by atoms with Crippen LogP contribution in [0.2, 0.25) is 0 Å². The Labute approximate surface area is 260 Å². The van der Waals surface area contributed by atoms with Crippen molar-refractivity contribution in [1.29, 1.82) is 0 Å². The lowest BCUT2D eigenvalue weighted by atomic mass is 10.1. The van der Waals surface area contributed by atoms with Crippen LogP contribution in [0.15, 0.2) is 67.0 Å². The molecule has 1 saturated heterocycles. The molecule has 2 N–H and O–H groups in total. The molecule has 4 heterocycles. The fourth-order valence-electron chi connectivity index (χ4n) is 5.78. The van der Waals surface area contributed by atoms with Gasteiger partial charge in [-0.3, -0.25) is 4.90 Å². The third kappa shape index (κ3) is 6.08. The van der Waals surface area contributed by atoms with E-state index in [9.17, 15) is 13.9 Å². The van der Waals surface area contributed by atoms with Crippen molar-refractivity contribution in [2.75, 3.05) is 50.6 Å². The Bertz CT molecular complexity index is 1800. The Morgan fingerprint density at radius 2 is 1.71 bits per heavy atom. The van der Waals surface area contributed by atoms with E-state index in [1.54, 1.807) is 31.0 Å². The van der Waals surface area contributed by atoms with Crippen LogP contribution in [-0.2, 0) is 6.54 Å². The van der Waals surface area contributed by atoms with Gasteiger partial charge in [0.25, 0.3) is 0 Å². The SMILES string of the molecule is COc1ccc(Cn2cc3nc(-c4c(F)cccc4F)cc(Nc4ccc(N5CCN(C(C)C)CC5)cn4)c3c2O)c(OC)c1. The summed E-state index contributed by atoms with van der Waals surface area (Å²) >= 11 is 0. The first-order valence-electron chi connectivity index (χ1n) is 14.9. The molecule has 9 nitrogen and oxygen atoms in total. The van der Waals surface area contributed by atoms with Crippen molar-refractivity contribution in [1.82, 2.24) is 19.4 Å². The average molecular weight is 615 g/mol. The standard InChI is InChI=1S/C34H36F2N6O3/c1-21(2)40-12-14-41(15-13-40)23-9-11-31(37-18-23)39-28-17-27(32-25(35)6-5-7-26(32)36)38-29-20-42(34(43)33(28)29)19-22-8-10-24(44-3)16-30(22)45-4/h5-11,16-18,20-21,43H,12-15,19H2,1-4H3,(H,37,39). The van der Waals surface area contributed by atoms with Crippen LogP contribution in [0.1, 0.15) is 19.4 Å². The molecule has 1 aliphatic heterocycles. The smallest absolute Gasteiger partial charge is 0.203 e. The second-order valence-corrected chi connectivity index (χ2v) is 11.3. The van der Waals surface area contributed by atoms with Gasteiger partial charge in [-0.05, 0) is 56.3 Å². The van der Waals surface area contributed by atoms with Crippen molar-refractivity contribution in [3.05, 3.63) is 84.2 Å². The number of hydrogen-bond acceptors (Lipinski definition) is 8. The summed E-state index contributed by atoms with van der Waals surface area (Å²) in [5.41, 5.74) is 2.38. The summed E-state index contributed by atoms with van der Waals surface area (Å²) < 4.78 is 42.3. The summed E-state index contributed by atoms with van der Waals surface area (Å²) in [6.45, 7) is 8.46. The first kappa shape index (κ1) is 30.1. The maximum Gasteiger partial charge on any atom is 0.203 e. The van der Waals surface area contributed by atoms with Gasteiger partial charge in [0.1, 0.15) is 29.0 Å². The maximum absolute atomic E-state index is 14.9. The van der Waals surface area contributed by atoms with Gasteiger partial charge in [0, 0.05) is 50.0 Å². The van der Waals surface area contributed by atoms with Crippen LogP contribution in [0, 0.1) is 11.6 Å². The number of hydrogen-bond donors (Lipinski definition) is 2. The van der Waals surface area contributed by atoms with Gasteiger partial charge in [-0.1, -0.05) is 6.07 Å². The topological polar surface area (TPSA) is 87.9 Å². The molecule has 0 unspecified atom stereocenters. The number of aromatic nitrogens is 3. The minimum Gasteiger partial charge on any atom is -0.497 e. The van der Waals surface area contributed by atoms with Crippen LogP contribution in [0.5, 0.6) is 17.4 Å². The third-order valence-corrected chi connectivity index (χ3v) is 8.30. The monoisotopic (exact) mass is 614 g/mol. The molecule has 6 rings (SSSR count). The van der Waals surface area contributed by atoms with Crippen molar-refractivity contribution < 1.29 is 23.4 Å². The van der Waals surface area contributed by atoms with E-state index in [-0.39, 0.29) is 23.7 Å². The number of benzene rings is 2. The van der Waals surface area contributed by atoms with Gasteiger partial charge in [-0.2, -0.15) is 0 Å². The highest BCUT2D eigenvalue weighted by molar-refractivity contribution is 5.99. The van der Waals surface area contributed by atoms with E-state index in [0.29, 0.717) is 39.9 Å². The number of aromatic hydroxyl groups is 1. The summed E-state index contributed by atoms with van der Waals surface area (Å²) in [7, 11) is 3.14. The summed E-state index contributed by atoms with van der Waals surface area (Å²) in [5, 5.41) is 15.1. The van der Waals surface area contributed by atoms with Gasteiger partial charge in [-0.15, -0.1) is 0 Å². The molecule has 0 bridgehead atoms. The summed E-state index contributed by atoms with van der Waals surface area (Å²) in [6.07, 6.45) is 3.46. The fourth-order valence-corrected chi connectivity index (χ4v) is 5.78. The molecule has 0 atom stereocenters. The molecule has 45 heavy (non-hydrogen) atoms. The minimum atomic E-state index is -0.737. The zero-order valence-electron chi connectivity index (χ0n) is 25.7. The van der Waals surface area contributed by atoms with E-state index in [1.807, 2.05) is 30.5 Å². The number of rotatable bonds is 9. The number of ether oxygens (including phenoxy) is 2. The molecule has 1 aliphatic rings. The van der Waals surface area contributed by atoms with Gasteiger partial charge in [0.05, 0.1) is 60.5 Å². The fraction of sp³-hybridized carbons (Fsp3) is 0.294. The molecule has 234 valence electrons. The quantitative estimate of drug-likeness (QED) is 0.197. The van der Waals surface area contributed by atoms with Crippen LogP contribution in [0.4, 0.5) is 26.0 Å². The van der Waals surface area contributed by atoms with E-state index in [4.69, 9.17) is 9.47 Å². The summed E-state index contributed by atoms with van der Waals surface area (Å²) in [6, 6.07) is 15.0. The van der Waals surface area contributed by atoms with Crippen molar-refractivity contribution >= 4 is 28.1 Å². The third-order valence-electron chi connectivity index (χ3n) is 8.30. The minimum absolute atomic E-state index is 0.0712. The molecule has 1 fully saturated rings. The van der Waals surface area contributed by atoms with Crippen LogP contribution in [0.3, 0.4) is 0 Å². The summed E-state index contributed by atoms with van der Waals surface area (Å²) in [5.74, 6) is 0.188. The normalized spacial score (nSPS) is 13.9. The lowest BCUT2D eigenvalue weighted by molar-refractivity contribution is 0.209. The zero-order valence-corrected chi connectivity index (χ0v) is 25.7. The van der Waals surface area contributed by atoms with Crippen molar-refractivity contribution in [2.24, 2.45) is 0 Å². The first-order chi connectivity index (χ1) is 21.7. The molecule has 0 radical (unpaired) electrons. The number of halogens is 2. The number of anilines is 3. The van der Waals surface area contributed by atoms with Crippen molar-refractivity contribution in [3.63, 3.8) is 0 Å². The van der Waals surface area contributed by atoms with Gasteiger partial charge >= 0.3 is 0 Å². The Morgan fingerprint density at radius 3 is 2.36 bits per heavy atom. The predicted octanol–water partition coefficient (Wildman–Crippen LogP) is 6.42. The molecular formula is C34H36F2N6O3. The van der Waals surface area contributed by atoms with Gasteiger partial charge in [0.2, 0.25) is 5.88 Å². The van der Waals surface area contributed by atoms with E-state index in [2.05, 4.69) is 38.9 Å². The van der Waals surface area contributed by atoms with Crippen LogP contribution in [-0.4, -0.2) is 71.0 Å². The highest BCUT2D eigenvalue weighted by Crippen LogP contribution is 2.39. The molecule has 0 saturated carbocycles.